The summed E-state index contributed by atoms with van der Waals surface area (Å²) in [5, 5.41) is 0. The minimum absolute atomic E-state index is 0.0487. The molecule has 2 aromatic carbocycles. The highest BCUT2D eigenvalue weighted by Crippen LogP contribution is 2.25. The monoisotopic (exact) mass is 386 g/mol. The van der Waals surface area contributed by atoms with Crippen LogP contribution in [0.4, 0.5) is 5.95 Å². The van der Waals surface area contributed by atoms with E-state index in [0.717, 1.165) is 36.6 Å². The lowest BCUT2D eigenvalue weighted by Crippen LogP contribution is -2.49. The fourth-order valence-electron chi connectivity index (χ4n) is 3.89. The van der Waals surface area contributed by atoms with E-state index in [9.17, 15) is 4.79 Å². The van der Waals surface area contributed by atoms with E-state index >= 15 is 0 Å². The van der Waals surface area contributed by atoms with Gasteiger partial charge in [0, 0.05) is 26.2 Å². The second kappa shape index (κ2) is 7.47. The van der Waals surface area contributed by atoms with Gasteiger partial charge in [-0.15, -0.1) is 0 Å². The number of aromatic nitrogens is 2. The molecule has 0 aliphatic carbocycles. The molecule has 1 aliphatic heterocycles. The highest BCUT2D eigenvalue weighted by molar-refractivity contribution is 5.91. The maximum atomic E-state index is 12.5. The number of furan rings is 1. The van der Waals surface area contributed by atoms with Crippen molar-refractivity contribution >= 4 is 22.9 Å². The number of amides is 1. The average molecular weight is 386 g/mol. The normalized spacial score (nSPS) is 14.5. The minimum atomic E-state index is -0.0487. The van der Waals surface area contributed by atoms with Crippen LogP contribution >= 0.6 is 0 Å². The van der Waals surface area contributed by atoms with Crippen LogP contribution in [0.3, 0.4) is 0 Å². The van der Waals surface area contributed by atoms with Crippen molar-refractivity contribution in [1.29, 1.82) is 0 Å². The molecule has 1 saturated heterocycles. The third kappa shape index (κ3) is 3.38. The Morgan fingerprint density at radius 2 is 1.66 bits per heavy atom. The summed E-state index contributed by atoms with van der Waals surface area (Å²) in [6.45, 7) is 3.54. The molecule has 6 heteroatoms. The molecule has 29 heavy (non-hydrogen) atoms. The van der Waals surface area contributed by atoms with Gasteiger partial charge in [-0.25, -0.2) is 4.98 Å². The summed E-state index contributed by atoms with van der Waals surface area (Å²) in [4.78, 5) is 21.6. The van der Waals surface area contributed by atoms with Gasteiger partial charge in [0.2, 0.25) is 5.95 Å². The molecule has 1 amide bonds. The summed E-state index contributed by atoms with van der Waals surface area (Å²) in [6.07, 6.45) is 1.54. The first-order chi connectivity index (χ1) is 14.3. The Bertz CT molecular complexity index is 1110. The van der Waals surface area contributed by atoms with Gasteiger partial charge >= 0.3 is 0 Å². The molecule has 0 radical (unpaired) electrons. The molecule has 0 bridgehead atoms. The maximum absolute atomic E-state index is 12.5. The maximum Gasteiger partial charge on any atom is 0.289 e. The van der Waals surface area contributed by atoms with Crippen LogP contribution in [-0.2, 0) is 6.54 Å². The van der Waals surface area contributed by atoms with Gasteiger partial charge in [-0.1, -0.05) is 42.5 Å². The predicted molar refractivity (Wildman–Crippen MR) is 112 cm³/mol. The van der Waals surface area contributed by atoms with E-state index in [1.807, 2.05) is 17.0 Å². The number of piperazine rings is 1. The van der Waals surface area contributed by atoms with Crippen LogP contribution in [0.1, 0.15) is 16.1 Å². The van der Waals surface area contributed by atoms with Crippen LogP contribution in [0.5, 0.6) is 0 Å². The number of hydrogen-bond acceptors (Lipinski definition) is 4. The molecule has 2 aromatic heterocycles. The summed E-state index contributed by atoms with van der Waals surface area (Å²) in [6, 6.07) is 22.1. The van der Waals surface area contributed by atoms with Crippen LogP contribution < -0.4 is 4.90 Å². The van der Waals surface area contributed by atoms with E-state index in [-0.39, 0.29) is 5.91 Å². The number of fused-ring (bicyclic) bond motifs is 1. The van der Waals surface area contributed by atoms with Crippen molar-refractivity contribution in [2.24, 2.45) is 0 Å². The largest absolute Gasteiger partial charge is 0.459 e. The number of hydrogen-bond donors (Lipinski definition) is 0. The van der Waals surface area contributed by atoms with E-state index in [4.69, 9.17) is 9.40 Å². The summed E-state index contributed by atoms with van der Waals surface area (Å²) in [5.74, 6) is 1.31. The molecule has 0 saturated carbocycles. The van der Waals surface area contributed by atoms with Gasteiger partial charge in [0.05, 0.1) is 23.8 Å². The van der Waals surface area contributed by atoms with Crippen molar-refractivity contribution in [3.8, 4) is 0 Å². The quantitative estimate of drug-likeness (QED) is 0.537. The molecule has 0 N–H and O–H groups in total. The Balaban J connectivity index is 1.40. The molecule has 146 valence electrons. The molecule has 6 nitrogen and oxygen atoms in total. The van der Waals surface area contributed by atoms with Crippen molar-refractivity contribution in [2.45, 2.75) is 6.54 Å². The number of rotatable bonds is 4. The van der Waals surface area contributed by atoms with Crippen LogP contribution in [0.15, 0.2) is 77.4 Å². The van der Waals surface area contributed by atoms with Crippen LogP contribution in [0.25, 0.3) is 11.0 Å². The summed E-state index contributed by atoms with van der Waals surface area (Å²) < 4.78 is 7.54. The number of imidazole rings is 1. The number of para-hydroxylation sites is 2. The molecule has 0 unspecified atom stereocenters. The Labute approximate surface area is 169 Å². The predicted octanol–water partition coefficient (Wildman–Crippen LogP) is 3.64. The summed E-state index contributed by atoms with van der Waals surface area (Å²) in [5.41, 5.74) is 3.36. The number of carbonyl (C=O) groups is 1. The zero-order chi connectivity index (χ0) is 19.6. The standard InChI is InChI=1S/C23H22N4O2/c28-22(21-11-6-16-29-21)25-12-14-26(15-13-25)23-24-19-9-4-5-10-20(19)27(23)17-18-7-2-1-3-8-18/h1-11,16H,12-15,17H2. The Morgan fingerprint density at radius 1 is 0.897 bits per heavy atom. The smallest absolute Gasteiger partial charge is 0.289 e. The highest BCUT2D eigenvalue weighted by Gasteiger charge is 2.26. The number of anilines is 1. The number of carbonyl (C=O) groups excluding carboxylic acids is 1. The van der Waals surface area contributed by atoms with Crippen LogP contribution in [0, 0.1) is 0 Å². The third-order valence-corrected chi connectivity index (χ3v) is 5.40. The van der Waals surface area contributed by atoms with Gasteiger partial charge in [-0.2, -0.15) is 0 Å². The van der Waals surface area contributed by atoms with E-state index in [1.165, 1.54) is 11.8 Å². The summed E-state index contributed by atoms with van der Waals surface area (Å²) in [7, 11) is 0. The summed E-state index contributed by atoms with van der Waals surface area (Å²) >= 11 is 0. The fourth-order valence-corrected chi connectivity index (χ4v) is 3.89. The van der Waals surface area contributed by atoms with Crippen LogP contribution in [0.2, 0.25) is 0 Å². The van der Waals surface area contributed by atoms with Gasteiger partial charge in [-0.3, -0.25) is 4.79 Å². The Kier molecular flexibility index (Phi) is 4.52. The minimum Gasteiger partial charge on any atom is -0.459 e. The lowest BCUT2D eigenvalue weighted by Gasteiger charge is -2.35. The molecular formula is C23H22N4O2. The Hall–Kier alpha value is -3.54. The van der Waals surface area contributed by atoms with Crippen molar-refractivity contribution in [2.75, 3.05) is 31.1 Å². The van der Waals surface area contributed by atoms with Gasteiger partial charge in [-0.05, 0) is 29.8 Å². The number of nitrogens with zero attached hydrogens (tertiary/aromatic N) is 4. The van der Waals surface area contributed by atoms with Gasteiger partial charge in [0.25, 0.3) is 5.91 Å². The molecule has 4 aromatic rings. The molecule has 0 spiro atoms. The van der Waals surface area contributed by atoms with Crippen molar-refractivity contribution in [3.05, 3.63) is 84.3 Å². The first-order valence-electron chi connectivity index (χ1n) is 9.86. The SMILES string of the molecule is O=C(c1ccco1)N1CCN(c2nc3ccccc3n2Cc2ccccc2)CC1. The molecule has 0 atom stereocenters. The Morgan fingerprint density at radius 3 is 2.41 bits per heavy atom. The van der Waals surface area contributed by atoms with Crippen LogP contribution in [-0.4, -0.2) is 46.5 Å². The molecule has 5 rings (SSSR count). The highest BCUT2D eigenvalue weighted by atomic mass is 16.3. The van der Waals surface area contributed by atoms with E-state index in [0.29, 0.717) is 18.8 Å². The second-order valence-corrected chi connectivity index (χ2v) is 7.23. The molecule has 1 fully saturated rings. The van der Waals surface area contributed by atoms with E-state index in [2.05, 4.69) is 51.9 Å². The zero-order valence-electron chi connectivity index (χ0n) is 16.1. The second-order valence-electron chi connectivity index (χ2n) is 7.23. The lowest BCUT2D eigenvalue weighted by atomic mass is 10.2. The lowest BCUT2D eigenvalue weighted by molar-refractivity contribution is 0.0714. The van der Waals surface area contributed by atoms with Crippen molar-refractivity contribution in [1.82, 2.24) is 14.5 Å². The van der Waals surface area contributed by atoms with Gasteiger partial charge < -0.3 is 18.8 Å². The topological polar surface area (TPSA) is 54.5 Å². The molecule has 1 aliphatic rings. The first kappa shape index (κ1) is 17.6. The van der Waals surface area contributed by atoms with Gasteiger partial charge in [0.1, 0.15) is 0 Å². The van der Waals surface area contributed by atoms with Crippen molar-refractivity contribution < 1.29 is 9.21 Å². The average Bonchev–Trinajstić information content (AvgIpc) is 3.43. The third-order valence-electron chi connectivity index (χ3n) is 5.40. The first-order valence-corrected chi connectivity index (χ1v) is 9.86. The van der Waals surface area contributed by atoms with Gasteiger partial charge in [0.15, 0.2) is 5.76 Å². The fraction of sp³-hybridized carbons (Fsp3) is 0.217. The molecular weight excluding hydrogens is 364 g/mol. The van der Waals surface area contributed by atoms with E-state index in [1.54, 1.807) is 12.1 Å². The number of benzene rings is 2. The zero-order valence-corrected chi connectivity index (χ0v) is 16.1. The van der Waals surface area contributed by atoms with E-state index < -0.39 is 0 Å². The van der Waals surface area contributed by atoms with Crippen molar-refractivity contribution in [3.63, 3.8) is 0 Å². The molecule has 3 heterocycles.